The Kier molecular flexibility index (Phi) is 8.68. The van der Waals surface area contributed by atoms with Gasteiger partial charge in [-0.05, 0) is 30.7 Å². The van der Waals surface area contributed by atoms with E-state index in [0.717, 1.165) is 5.56 Å². The van der Waals surface area contributed by atoms with Crippen molar-refractivity contribution < 1.29 is 27.9 Å². The van der Waals surface area contributed by atoms with Gasteiger partial charge in [-0.2, -0.15) is 0 Å². The van der Waals surface area contributed by atoms with Crippen LogP contribution in [-0.4, -0.2) is 49.5 Å². The fourth-order valence-corrected chi connectivity index (χ4v) is 4.99. The zero-order valence-corrected chi connectivity index (χ0v) is 18.4. The molecule has 1 aromatic carbocycles. The zero-order valence-electron chi connectivity index (χ0n) is 17.5. The molecule has 8 nitrogen and oxygen atoms in total. The van der Waals surface area contributed by atoms with Gasteiger partial charge in [0.2, 0.25) is 5.91 Å². The van der Waals surface area contributed by atoms with Crippen LogP contribution in [-0.2, 0) is 29.8 Å². The van der Waals surface area contributed by atoms with Crippen molar-refractivity contribution in [3.63, 3.8) is 0 Å². The molecule has 1 aromatic rings. The lowest BCUT2D eigenvalue weighted by molar-refractivity contribution is -0.125. The van der Waals surface area contributed by atoms with Gasteiger partial charge in [0.1, 0.15) is 18.4 Å². The molecule has 162 valence electrons. The molecule has 1 saturated heterocycles. The number of ether oxygens (including phenoxy) is 1. The fourth-order valence-electron chi connectivity index (χ4n) is 3.36. The van der Waals surface area contributed by atoms with Crippen molar-refractivity contribution in [1.82, 2.24) is 10.2 Å². The maximum atomic E-state index is 12.9. The first-order valence-electron chi connectivity index (χ1n) is 9.79. The molecule has 0 aromatic heterocycles. The summed E-state index contributed by atoms with van der Waals surface area (Å²) in [6.45, 7) is 4.49. The molecular formula is C20H31N2O6P. The summed E-state index contributed by atoms with van der Waals surface area (Å²) >= 11 is 0. The molecule has 0 bridgehead atoms. The maximum Gasteiger partial charge on any atom is 0.410 e. The van der Waals surface area contributed by atoms with Crippen LogP contribution in [0.5, 0.6) is 0 Å². The van der Waals surface area contributed by atoms with E-state index in [4.69, 9.17) is 13.8 Å². The number of carbonyl (C=O) groups is 2. The van der Waals surface area contributed by atoms with Crippen LogP contribution in [0.25, 0.3) is 0 Å². The molecule has 0 aliphatic carbocycles. The molecule has 2 atom stereocenters. The molecule has 2 amide bonds. The van der Waals surface area contributed by atoms with Gasteiger partial charge in [0.15, 0.2) is 0 Å². The van der Waals surface area contributed by atoms with Crippen LogP contribution in [0.3, 0.4) is 0 Å². The van der Waals surface area contributed by atoms with E-state index in [0.29, 0.717) is 25.8 Å². The standard InChI is InChI=1S/C20H31N2O6P/c1-15(2)13-18(29(25,26-3)27-4)21-19(23)17-11-8-12-22(17)20(24)28-14-16-9-6-5-7-10-16/h5-7,9-10,15,17-18H,8,11-14H2,1-4H3,(H,21,23)/t17-,18?/m0/s1. The highest BCUT2D eigenvalue weighted by molar-refractivity contribution is 7.54. The first kappa shape index (κ1) is 23.4. The fraction of sp³-hybridized carbons (Fsp3) is 0.600. The minimum atomic E-state index is -3.50. The molecule has 0 saturated carbocycles. The third kappa shape index (κ3) is 6.29. The van der Waals surface area contributed by atoms with Crippen molar-refractivity contribution in [2.24, 2.45) is 5.92 Å². The summed E-state index contributed by atoms with van der Waals surface area (Å²) in [5.41, 5.74) is 0.874. The highest BCUT2D eigenvalue weighted by atomic mass is 31.2. The van der Waals surface area contributed by atoms with E-state index in [9.17, 15) is 14.2 Å². The first-order valence-corrected chi connectivity index (χ1v) is 11.4. The lowest BCUT2D eigenvalue weighted by Crippen LogP contribution is -2.49. The summed E-state index contributed by atoms with van der Waals surface area (Å²) in [5.74, 6) is -0.999. The van der Waals surface area contributed by atoms with Crippen LogP contribution in [0.1, 0.15) is 38.7 Å². The largest absolute Gasteiger partial charge is 0.445 e. The summed E-state index contributed by atoms with van der Waals surface area (Å²) in [6.07, 6.45) is 1.11. The number of hydrogen-bond acceptors (Lipinski definition) is 6. The number of likely N-dealkylation sites (tertiary alicyclic amines) is 1. The van der Waals surface area contributed by atoms with Gasteiger partial charge in [-0.25, -0.2) is 4.79 Å². The Bertz CT molecular complexity index is 719. The summed E-state index contributed by atoms with van der Waals surface area (Å²) in [6, 6.07) is 8.69. The average molecular weight is 426 g/mol. The van der Waals surface area contributed by atoms with Gasteiger partial charge in [0, 0.05) is 20.8 Å². The van der Waals surface area contributed by atoms with Crippen LogP contribution in [0.4, 0.5) is 4.79 Å². The SMILES string of the molecule is COP(=O)(OC)C(CC(C)C)NC(=O)[C@@H]1CCCN1C(=O)OCc1ccccc1. The molecule has 9 heteroatoms. The van der Waals surface area contributed by atoms with Crippen LogP contribution in [0.15, 0.2) is 30.3 Å². The van der Waals surface area contributed by atoms with Crippen molar-refractivity contribution in [2.45, 2.75) is 51.5 Å². The minimum Gasteiger partial charge on any atom is -0.445 e. The van der Waals surface area contributed by atoms with E-state index in [1.807, 2.05) is 44.2 Å². The van der Waals surface area contributed by atoms with Gasteiger partial charge in [-0.3, -0.25) is 14.3 Å². The molecule has 1 aliphatic heterocycles. The van der Waals surface area contributed by atoms with Gasteiger partial charge in [-0.15, -0.1) is 0 Å². The Balaban J connectivity index is 2.03. The van der Waals surface area contributed by atoms with Gasteiger partial charge in [0.05, 0.1) is 0 Å². The van der Waals surface area contributed by atoms with Crippen molar-refractivity contribution >= 4 is 19.6 Å². The van der Waals surface area contributed by atoms with E-state index in [1.165, 1.54) is 19.1 Å². The third-order valence-electron chi connectivity index (χ3n) is 4.89. The molecule has 2 rings (SSSR count). The van der Waals surface area contributed by atoms with Gasteiger partial charge in [-0.1, -0.05) is 44.2 Å². The quantitative estimate of drug-likeness (QED) is 0.604. The summed E-state index contributed by atoms with van der Waals surface area (Å²) in [4.78, 5) is 26.9. The summed E-state index contributed by atoms with van der Waals surface area (Å²) in [7, 11) is -0.906. The van der Waals surface area contributed by atoms with Gasteiger partial charge in [0.25, 0.3) is 0 Å². The van der Waals surface area contributed by atoms with E-state index in [1.54, 1.807) is 0 Å². The van der Waals surface area contributed by atoms with Crippen molar-refractivity contribution in [3.05, 3.63) is 35.9 Å². The maximum absolute atomic E-state index is 12.9. The number of carbonyl (C=O) groups excluding carboxylic acids is 2. The second kappa shape index (κ2) is 10.8. The van der Waals surface area contributed by atoms with E-state index < -0.39 is 25.5 Å². The monoisotopic (exact) mass is 426 g/mol. The zero-order chi connectivity index (χ0) is 21.4. The predicted molar refractivity (Wildman–Crippen MR) is 109 cm³/mol. The normalized spacial score (nSPS) is 18.0. The highest BCUT2D eigenvalue weighted by Gasteiger charge is 2.40. The highest BCUT2D eigenvalue weighted by Crippen LogP contribution is 2.52. The second-order valence-corrected chi connectivity index (χ2v) is 9.88. The number of amides is 2. The van der Waals surface area contributed by atoms with Crippen LogP contribution in [0.2, 0.25) is 0 Å². The lowest BCUT2D eigenvalue weighted by Gasteiger charge is -2.29. The molecule has 1 heterocycles. The molecule has 0 radical (unpaired) electrons. The lowest BCUT2D eigenvalue weighted by atomic mass is 10.1. The van der Waals surface area contributed by atoms with E-state index in [-0.39, 0.29) is 18.4 Å². The molecule has 1 unspecified atom stereocenters. The molecule has 1 fully saturated rings. The average Bonchev–Trinajstić information content (AvgIpc) is 3.21. The predicted octanol–water partition coefficient (Wildman–Crippen LogP) is 3.76. The van der Waals surface area contributed by atoms with Gasteiger partial charge < -0.3 is 19.1 Å². The van der Waals surface area contributed by atoms with E-state index >= 15 is 0 Å². The van der Waals surface area contributed by atoms with Crippen LogP contribution in [0, 0.1) is 5.92 Å². The Hall–Kier alpha value is -1.89. The minimum absolute atomic E-state index is 0.142. The number of nitrogens with zero attached hydrogens (tertiary/aromatic N) is 1. The third-order valence-corrected chi connectivity index (χ3v) is 7.01. The Morgan fingerprint density at radius 2 is 1.86 bits per heavy atom. The van der Waals surface area contributed by atoms with Crippen molar-refractivity contribution in [1.29, 1.82) is 0 Å². The Morgan fingerprint density at radius 1 is 1.21 bits per heavy atom. The number of nitrogens with one attached hydrogen (secondary N) is 1. The van der Waals surface area contributed by atoms with Gasteiger partial charge >= 0.3 is 13.7 Å². The second-order valence-electron chi connectivity index (χ2n) is 7.45. The van der Waals surface area contributed by atoms with Crippen LogP contribution < -0.4 is 5.32 Å². The Morgan fingerprint density at radius 3 is 2.45 bits per heavy atom. The molecule has 29 heavy (non-hydrogen) atoms. The number of benzene rings is 1. The number of rotatable bonds is 9. The summed E-state index contributed by atoms with van der Waals surface area (Å²) in [5, 5.41) is 2.79. The summed E-state index contributed by atoms with van der Waals surface area (Å²) < 4.78 is 28.4. The Labute approximate surface area is 172 Å². The number of hydrogen-bond donors (Lipinski definition) is 1. The topological polar surface area (TPSA) is 94.2 Å². The van der Waals surface area contributed by atoms with E-state index in [2.05, 4.69) is 5.32 Å². The molecular weight excluding hydrogens is 395 g/mol. The smallest absolute Gasteiger partial charge is 0.410 e. The van der Waals surface area contributed by atoms with Crippen molar-refractivity contribution in [2.75, 3.05) is 20.8 Å². The van der Waals surface area contributed by atoms with Crippen molar-refractivity contribution in [3.8, 4) is 0 Å². The molecule has 1 N–H and O–H groups in total. The first-order chi connectivity index (χ1) is 13.8. The molecule has 1 aliphatic rings. The molecule has 0 spiro atoms. The van der Waals surface area contributed by atoms with Crippen LogP contribution >= 0.6 is 7.60 Å².